The highest BCUT2D eigenvalue weighted by atomic mass is 19.4. The number of halogens is 6. The highest BCUT2D eigenvalue weighted by Gasteiger charge is 2.37. The molecule has 1 N–H and O–H groups in total. The molecule has 0 heterocycles. The minimum absolute atomic E-state index is 0.158. The molecule has 0 spiro atoms. The van der Waals surface area contributed by atoms with Crippen LogP contribution in [-0.2, 0) is 12.4 Å². The van der Waals surface area contributed by atoms with Crippen LogP contribution in [0.2, 0.25) is 0 Å². The first kappa shape index (κ1) is 16.7. The third-order valence-electron chi connectivity index (χ3n) is 2.96. The molecule has 0 bridgehead atoms. The number of anilines is 2. The Labute approximate surface area is 127 Å². The van der Waals surface area contributed by atoms with E-state index in [-0.39, 0.29) is 5.69 Å². The van der Waals surface area contributed by atoms with Crippen LogP contribution in [0.25, 0.3) is 0 Å². The minimum Gasteiger partial charge on any atom is -0.355 e. The molecule has 0 radical (unpaired) electrons. The van der Waals surface area contributed by atoms with Crippen molar-refractivity contribution >= 4 is 11.4 Å². The van der Waals surface area contributed by atoms with Crippen LogP contribution in [0, 0.1) is 12.3 Å². The van der Waals surface area contributed by atoms with Gasteiger partial charge in [0.05, 0.1) is 16.8 Å². The molecule has 0 aliphatic heterocycles. The van der Waals surface area contributed by atoms with Crippen LogP contribution in [0.3, 0.4) is 0 Å². The lowest BCUT2D eigenvalue weighted by atomic mass is 10.1. The Kier molecular flexibility index (Phi) is 4.28. The van der Waals surface area contributed by atoms with Crippen molar-refractivity contribution in [1.29, 1.82) is 0 Å². The van der Waals surface area contributed by atoms with Gasteiger partial charge in [0.15, 0.2) is 0 Å². The van der Waals surface area contributed by atoms with Crippen molar-refractivity contribution in [2.24, 2.45) is 0 Å². The summed E-state index contributed by atoms with van der Waals surface area (Å²) in [5.41, 5.74) is -2.53. The lowest BCUT2D eigenvalue weighted by Crippen LogP contribution is -2.12. The van der Waals surface area contributed by atoms with Gasteiger partial charge in [-0.1, -0.05) is 12.0 Å². The van der Waals surface area contributed by atoms with E-state index in [0.717, 1.165) is 0 Å². The molecule has 7 heteroatoms. The molecule has 0 aromatic heterocycles. The monoisotopic (exact) mass is 329 g/mol. The second-order valence-corrected chi connectivity index (χ2v) is 4.61. The number of benzene rings is 2. The molecular weight excluding hydrogens is 320 g/mol. The van der Waals surface area contributed by atoms with E-state index in [9.17, 15) is 26.3 Å². The summed E-state index contributed by atoms with van der Waals surface area (Å²) in [5, 5.41) is 2.35. The maximum atomic E-state index is 13.0. The number of hydrogen-bond donors (Lipinski definition) is 1. The first-order valence-electron chi connectivity index (χ1n) is 6.23. The predicted molar refractivity (Wildman–Crippen MR) is 74.1 cm³/mol. The average Bonchev–Trinajstić information content (AvgIpc) is 2.45. The lowest BCUT2D eigenvalue weighted by molar-refractivity contribution is -0.140. The van der Waals surface area contributed by atoms with E-state index >= 15 is 0 Å². The van der Waals surface area contributed by atoms with Crippen LogP contribution in [0.15, 0.2) is 42.5 Å². The first-order valence-corrected chi connectivity index (χ1v) is 6.23. The van der Waals surface area contributed by atoms with Gasteiger partial charge in [0.1, 0.15) is 0 Å². The number of hydrogen-bond acceptors (Lipinski definition) is 1. The zero-order valence-electron chi connectivity index (χ0n) is 11.4. The normalized spacial score (nSPS) is 11.9. The summed E-state index contributed by atoms with van der Waals surface area (Å²) < 4.78 is 77.1. The fourth-order valence-corrected chi connectivity index (χ4v) is 1.91. The second-order valence-electron chi connectivity index (χ2n) is 4.61. The molecule has 0 atom stereocenters. The largest absolute Gasteiger partial charge is 0.418 e. The molecule has 0 amide bonds. The molecule has 0 aliphatic carbocycles. The van der Waals surface area contributed by atoms with Gasteiger partial charge in [-0.05, 0) is 36.4 Å². The summed E-state index contributed by atoms with van der Waals surface area (Å²) in [6.45, 7) is 0. The molecule has 2 rings (SSSR count). The number of terminal acetylenes is 1. The van der Waals surface area contributed by atoms with Gasteiger partial charge >= 0.3 is 12.4 Å². The summed E-state index contributed by atoms with van der Waals surface area (Å²) in [6.07, 6.45) is -4.36. The van der Waals surface area contributed by atoms with Gasteiger partial charge < -0.3 is 5.32 Å². The fourth-order valence-electron chi connectivity index (χ4n) is 1.91. The lowest BCUT2D eigenvalue weighted by Gasteiger charge is -2.17. The second kappa shape index (κ2) is 5.88. The maximum absolute atomic E-state index is 13.0. The summed E-state index contributed by atoms with van der Waals surface area (Å²) >= 11 is 0. The molecular formula is C16H9F6N. The van der Waals surface area contributed by atoms with Crippen LogP contribution in [0.1, 0.15) is 16.7 Å². The molecule has 120 valence electrons. The van der Waals surface area contributed by atoms with Crippen molar-refractivity contribution in [3.63, 3.8) is 0 Å². The van der Waals surface area contributed by atoms with Crippen molar-refractivity contribution in [3.05, 3.63) is 59.2 Å². The quantitative estimate of drug-likeness (QED) is 0.571. The fraction of sp³-hybridized carbons (Fsp3) is 0.125. The Bertz CT molecular complexity index is 752. The van der Waals surface area contributed by atoms with E-state index in [1.54, 1.807) is 6.07 Å². The van der Waals surface area contributed by atoms with Gasteiger partial charge in [0.2, 0.25) is 0 Å². The molecule has 0 saturated heterocycles. The maximum Gasteiger partial charge on any atom is 0.418 e. The number of rotatable bonds is 2. The number of alkyl halides is 6. The van der Waals surface area contributed by atoms with E-state index in [1.807, 2.05) is 0 Å². The first-order chi connectivity index (χ1) is 10.6. The Morgan fingerprint density at radius 3 is 2.13 bits per heavy atom. The van der Waals surface area contributed by atoms with Crippen LogP contribution in [0.5, 0.6) is 0 Å². The zero-order chi connectivity index (χ0) is 17.3. The van der Waals surface area contributed by atoms with Crippen molar-refractivity contribution in [3.8, 4) is 12.3 Å². The van der Waals surface area contributed by atoms with Crippen LogP contribution in [0.4, 0.5) is 37.7 Å². The highest BCUT2D eigenvalue weighted by Crippen LogP contribution is 2.39. The number of nitrogens with one attached hydrogen (secondary N) is 1. The van der Waals surface area contributed by atoms with E-state index in [4.69, 9.17) is 6.42 Å². The molecule has 2 aromatic carbocycles. The predicted octanol–water partition coefficient (Wildman–Crippen LogP) is 5.45. The van der Waals surface area contributed by atoms with Crippen LogP contribution in [-0.4, -0.2) is 0 Å². The molecule has 1 nitrogen and oxygen atoms in total. The van der Waals surface area contributed by atoms with E-state index in [0.29, 0.717) is 23.8 Å². The standard InChI is InChI=1S/C16H9F6N/c1-2-10-4-3-5-12(8-10)23-14-9-11(15(17,18)19)6-7-13(14)16(20,21)22/h1,3-9,23H. The van der Waals surface area contributed by atoms with Crippen molar-refractivity contribution in [2.45, 2.75) is 12.4 Å². The summed E-state index contributed by atoms with van der Waals surface area (Å²) in [4.78, 5) is 0. The molecule has 0 unspecified atom stereocenters. The minimum atomic E-state index is -4.80. The Hall–Kier alpha value is -2.62. The van der Waals surface area contributed by atoms with Gasteiger partial charge in [0, 0.05) is 11.3 Å². The molecule has 23 heavy (non-hydrogen) atoms. The van der Waals surface area contributed by atoms with Gasteiger partial charge in [-0.15, -0.1) is 6.42 Å². The Morgan fingerprint density at radius 2 is 1.57 bits per heavy atom. The Balaban J connectivity index is 2.51. The van der Waals surface area contributed by atoms with E-state index in [2.05, 4.69) is 11.2 Å². The zero-order valence-corrected chi connectivity index (χ0v) is 11.4. The van der Waals surface area contributed by atoms with Gasteiger partial charge in [-0.3, -0.25) is 0 Å². The summed E-state index contributed by atoms with van der Waals surface area (Å²) in [5.74, 6) is 2.29. The van der Waals surface area contributed by atoms with Crippen LogP contribution >= 0.6 is 0 Å². The SMILES string of the molecule is C#Cc1cccc(Nc2cc(C(F)(F)F)ccc2C(F)(F)F)c1. The van der Waals surface area contributed by atoms with Gasteiger partial charge in [-0.2, -0.15) is 26.3 Å². The van der Waals surface area contributed by atoms with E-state index < -0.39 is 29.2 Å². The Morgan fingerprint density at radius 1 is 0.870 bits per heavy atom. The average molecular weight is 329 g/mol. The van der Waals surface area contributed by atoms with E-state index in [1.165, 1.54) is 18.2 Å². The third kappa shape index (κ3) is 3.97. The summed E-state index contributed by atoms with van der Waals surface area (Å²) in [7, 11) is 0. The van der Waals surface area contributed by atoms with Gasteiger partial charge in [0.25, 0.3) is 0 Å². The van der Waals surface area contributed by atoms with Crippen LogP contribution < -0.4 is 5.32 Å². The highest BCUT2D eigenvalue weighted by molar-refractivity contribution is 5.66. The topological polar surface area (TPSA) is 12.0 Å². The molecule has 0 aliphatic rings. The van der Waals surface area contributed by atoms with Crippen molar-refractivity contribution in [1.82, 2.24) is 0 Å². The smallest absolute Gasteiger partial charge is 0.355 e. The third-order valence-corrected chi connectivity index (χ3v) is 2.96. The van der Waals surface area contributed by atoms with Crippen molar-refractivity contribution in [2.75, 3.05) is 5.32 Å². The molecule has 2 aromatic rings. The van der Waals surface area contributed by atoms with Gasteiger partial charge in [-0.25, -0.2) is 0 Å². The summed E-state index contributed by atoms with van der Waals surface area (Å²) in [6, 6.07) is 7.01. The molecule has 0 saturated carbocycles. The molecule has 0 fully saturated rings. The van der Waals surface area contributed by atoms with Crippen molar-refractivity contribution < 1.29 is 26.3 Å².